The van der Waals surface area contributed by atoms with Crippen LogP contribution in [-0.2, 0) is 15.1 Å². The summed E-state index contributed by atoms with van der Waals surface area (Å²) in [6.45, 7) is 9.80. The Labute approximate surface area is 212 Å². The number of hydrogen-bond acceptors (Lipinski definition) is 4. The third kappa shape index (κ3) is 3.72. The average Bonchev–Trinajstić information content (AvgIpc) is 3.26. The first-order valence-electron chi connectivity index (χ1n) is 12.8. The van der Waals surface area contributed by atoms with Crippen LogP contribution in [0.25, 0.3) is 10.9 Å². The van der Waals surface area contributed by atoms with E-state index in [1.54, 1.807) is 16.9 Å². The van der Waals surface area contributed by atoms with Gasteiger partial charge in [0.2, 0.25) is 5.91 Å². The number of fused-ring (bicyclic) bond motifs is 5. The largest absolute Gasteiger partial charge is 0.493 e. The van der Waals surface area contributed by atoms with Crippen LogP contribution in [0.2, 0.25) is 0 Å². The molecule has 2 aliphatic rings. The summed E-state index contributed by atoms with van der Waals surface area (Å²) < 4.78 is 11.5. The second-order valence-electron chi connectivity index (χ2n) is 10.4. The quantitative estimate of drug-likeness (QED) is 0.524. The predicted molar refractivity (Wildman–Crippen MR) is 139 cm³/mol. The number of aromatic nitrogens is 1. The van der Waals surface area contributed by atoms with Crippen molar-refractivity contribution in [3.05, 3.63) is 59.3 Å². The van der Waals surface area contributed by atoms with Gasteiger partial charge >= 0.3 is 0 Å². The molecule has 0 spiro atoms. The molecule has 190 valence electrons. The van der Waals surface area contributed by atoms with Gasteiger partial charge in [0.15, 0.2) is 17.0 Å². The minimum absolute atomic E-state index is 0.0250. The molecule has 0 saturated carbocycles. The minimum atomic E-state index is -1.08. The zero-order valence-electron chi connectivity index (χ0n) is 21.8. The van der Waals surface area contributed by atoms with Gasteiger partial charge in [0.25, 0.3) is 5.91 Å². The van der Waals surface area contributed by atoms with E-state index in [9.17, 15) is 9.59 Å². The molecule has 3 aromatic rings. The highest BCUT2D eigenvalue weighted by Gasteiger charge is 2.56. The molecule has 5 rings (SSSR count). The van der Waals surface area contributed by atoms with E-state index in [4.69, 9.17) is 9.47 Å². The number of hydrogen-bond donors (Lipinski definition) is 1. The molecule has 1 N–H and O–H groups in total. The highest BCUT2D eigenvalue weighted by Crippen LogP contribution is 2.49. The van der Waals surface area contributed by atoms with Crippen LogP contribution >= 0.6 is 0 Å². The molecule has 36 heavy (non-hydrogen) atoms. The van der Waals surface area contributed by atoms with Gasteiger partial charge in [0, 0.05) is 29.9 Å². The van der Waals surface area contributed by atoms with Gasteiger partial charge in [-0.3, -0.25) is 9.59 Å². The lowest BCUT2D eigenvalue weighted by Crippen LogP contribution is -2.67. The molecule has 0 bridgehead atoms. The fourth-order valence-corrected chi connectivity index (χ4v) is 5.80. The Morgan fingerprint density at radius 1 is 1.14 bits per heavy atom. The van der Waals surface area contributed by atoms with Gasteiger partial charge in [-0.2, -0.15) is 0 Å². The Kier molecular flexibility index (Phi) is 6.18. The molecule has 0 unspecified atom stereocenters. The zero-order valence-corrected chi connectivity index (χ0v) is 21.8. The number of ether oxygens (including phenoxy) is 2. The molecule has 2 amide bonds. The number of piperazine rings is 1. The SMILES string of the molecule is CCCOc1ccc([C@@H]2CN3C(=O)CN(CC(C)C)C(=O)[C@]3(C)c3[nH]c4ccccc4c32)cc1OC. The van der Waals surface area contributed by atoms with Crippen molar-refractivity contribution in [1.82, 2.24) is 14.8 Å². The first-order chi connectivity index (χ1) is 17.3. The molecule has 2 aliphatic heterocycles. The summed E-state index contributed by atoms with van der Waals surface area (Å²) in [7, 11) is 1.64. The standard InChI is InChI=1S/C29H35N3O4/c1-6-13-36-23-12-11-19(14-24(23)35-5)21-16-32-25(33)17-31(15-18(2)3)28(34)29(32,4)27-26(21)20-9-7-8-10-22(20)30-27/h7-12,14,18,21,30H,6,13,15-17H2,1-5H3/t21-,29-/m0/s1. The first kappa shape index (κ1) is 24.2. The third-order valence-corrected chi connectivity index (χ3v) is 7.45. The van der Waals surface area contributed by atoms with E-state index < -0.39 is 5.54 Å². The summed E-state index contributed by atoms with van der Waals surface area (Å²) in [5, 5.41) is 1.07. The molecule has 1 saturated heterocycles. The predicted octanol–water partition coefficient (Wildman–Crippen LogP) is 4.65. The maximum atomic E-state index is 14.0. The molecular formula is C29H35N3O4. The van der Waals surface area contributed by atoms with Crippen molar-refractivity contribution >= 4 is 22.7 Å². The molecule has 2 atom stereocenters. The Hall–Kier alpha value is -3.48. The van der Waals surface area contributed by atoms with Crippen molar-refractivity contribution in [2.45, 2.75) is 45.6 Å². The fourth-order valence-electron chi connectivity index (χ4n) is 5.80. The third-order valence-electron chi connectivity index (χ3n) is 7.45. The smallest absolute Gasteiger partial charge is 0.254 e. The molecular weight excluding hydrogens is 454 g/mol. The molecule has 1 fully saturated rings. The lowest BCUT2D eigenvalue weighted by atomic mass is 9.76. The van der Waals surface area contributed by atoms with Crippen LogP contribution in [0.15, 0.2) is 42.5 Å². The van der Waals surface area contributed by atoms with Gasteiger partial charge in [-0.05, 0) is 48.6 Å². The molecule has 0 radical (unpaired) electrons. The Bertz CT molecular complexity index is 1310. The zero-order chi connectivity index (χ0) is 25.6. The molecule has 1 aromatic heterocycles. The van der Waals surface area contributed by atoms with Crippen LogP contribution in [0.5, 0.6) is 11.5 Å². The fraction of sp³-hybridized carbons (Fsp3) is 0.448. The number of para-hydroxylation sites is 1. The monoisotopic (exact) mass is 489 g/mol. The summed E-state index contributed by atoms with van der Waals surface area (Å²) in [4.78, 5) is 34.6. The van der Waals surface area contributed by atoms with Crippen LogP contribution in [0.1, 0.15) is 56.9 Å². The van der Waals surface area contributed by atoms with Crippen LogP contribution < -0.4 is 9.47 Å². The highest BCUT2D eigenvalue weighted by molar-refractivity contribution is 6.01. The van der Waals surface area contributed by atoms with Crippen LogP contribution in [-0.4, -0.2) is 59.9 Å². The summed E-state index contributed by atoms with van der Waals surface area (Å²) in [5.41, 5.74) is 2.78. The van der Waals surface area contributed by atoms with Crippen LogP contribution in [0.4, 0.5) is 0 Å². The van der Waals surface area contributed by atoms with E-state index >= 15 is 0 Å². The van der Waals surface area contributed by atoms with Crippen LogP contribution in [0, 0.1) is 5.92 Å². The Morgan fingerprint density at radius 3 is 2.64 bits per heavy atom. The first-order valence-corrected chi connectivity index (χ1v) is 12.8. The topological polar surface area (TPSA) is 74.9 Å². The molecule has 2 aromatic carbocycles. The van der Waals surface area contributed by atoms with Gasteiger partial charge in [0.05, 0.1) is 26.0 Å². The van der Waals surface area contributed by atoms with Crippen molar-refractivity contribution in [3.63, 3.8) is 0 Å². The van der Waals surface area contributed by atoms with Gasteiger partial charge in [0.1, 0.15) is 0 Å². The average molecular weight is 490 g/mol. The second kappa shape index (κ2) is 9.19. The van der Waals surface area contributed by atoms with Crippen molar-refractivity contribution in [2.75, 3.05) is 33.4 Å². The number of methoxy groups -OCH3 is 1. The van der Waals surface area contributed by atoms with Gasteiger partial charge in [-0.15, -0.1) is 0 Å². The van der Waals surface area contributed by atoms with Crippen molar-refractivity contribution in [2.24, 2.45) is 5.92 Å². The summed E-state index contributed by atoms with van der Waals surface area (Å²) in [6, 6.07) is 14.1. The van der Waals surface area contributed by atoms with E-state index in [1.165, 1.54) is 0 Å². The number of aromatic amines is 1. The van der Waals surface area contributed by atoms with Gasteiger partial charge in [-0.25, -0.2) is 0 Å². The van der Waals surface area contributed by atoms with Crippen molar-refractivity contribution < 1.29 is 19.1 Å². The van der Waals surface area contributed by atoms with Gasteiger partial charge < -0.3 is 24.3 Å². The van der Waals surface area contributed by atoms with E-state index in [1.807, 2.05) is 43.3 Å². The van der Waals surface area contributed by atoms with Crippen molar-refractivity contribution in [1.29, 1.82) is 0 Å². The maximum absolute atomic E-state index is 14.0. The Balaban J connectivity index is 1.67. The highest BCUT2D eigenvalue weighted by atomic mass is 16.5. The molecule has 7 nitrogen and oxygen atoms in total. The number of nitrogens with zero attached hydrogens (tertiary/aromatic N) is 2. The number of amides is 2. The maximum Gasteiger partial charge on any atom is 0.254 e. The summed E-state index contributed by atoms with van der Waals surface area (Å²) >= 11 is 0. The van der Waals surface area contributed by atoms with E-state index in [-0.39, 0.29) is 30.2 Å². The lowest BCUT2D eigenvalue weighted by molar-refractivity contribution is -0.166. The molecule has 3 heterocycles. The molecule has 0 aliphatic carbocycles. The normalized spacial score (nSPS) is 21.7. The number of carbonyl (C=O) groups excluding carboxylic acids is 2. The minimum Gasteiger partial charge on any atom is -0.493 e. The summed E-state index contributed by atoms with van der Waals surface area (Å²) in [5.74, 6) is 1.48. The lowest BCUT2D eigenvalue weighted by Gasteiger charge is -2.51. The number of benzene rings is 2. The Morgan fingerprint density at radius 2 is 1.92 bits per heavy atom. The number of nitrogens with one attached hydrogen (secondary N) is 1. The van der Waals surface area contributed by atoms with Crippen LogP contribution in [0.3, 0.4) is 0 Å². The van der Waals surface area contributed by atoms with E-state index in [0.29, 0.717) is 31.2 Å². The summed E-state index contributed by atoms with van der Waals surface area (Å²) in [6.07, 6.45) is 0.906. The van der Waals surface area contributed by atoms with E-state index in [0.717, 1.165) is 34.1 Å². The molecule has 7 heteroatoms. The van der Waals surface area contributed by atoms with Crippen molar-refractivity contribution in [3.8, 4) is 11.5 Å². The van der Waals surface area contributed by atoms with Gasteiger partial charge in [-0.1, -0.05) is 45.0 Å². The number of carbonyl (C=O) groups is 2. The van der Waals surface area contributed by atoms with E-state index in [2.05, 4.69) is 31.8 Å². The second-order valence-corrected chi connectivity index (χ2v) is 10.4. The number of rotatable bonds is 7. The number of H-pyrrole nitrogens is 1.